The first-order valence-electron chi connectivity index (χ1n) is 10.7. The van der Waals surface area contributed by atoms with Gasteiger partial charge in [0.05, 0.1) is 12.6 Å². The molecule has 1 aromatic carbocycles. The highest BCUT2D eigenvalue weighted by atomic mass is 32.2. The molecule has 2 aliphatic rings. The maximum Gasteiger partial charge on any atom is 0.282 e. The minimum Gasteiger partial charge on any atom is -0.348 e. The van der Waals surface area contributed by atoms with Crippen LogP contribution >= 0.6 is 0 Å². The smallest absolute Gasteiger partial charge is 0.282 e. The molecular weight excluding hydrogens is 388 g/mol. The van der Waals surface area contributed by atoms with Crippen LogP contribution in [0.15, 0.2) is 30.3 Å². The van der Waals surface area contributed by atoms with Crippen LogP contribution in [0.1, 0.15) is 50.6 Å². The molecule has 1 aliphatic carbocycles. The molecule has 2 fully saturated rings. The Labute approximate surface area is 175 Å². The molecule has 1 N–H and O–H groups in total. The number of piperazine rings is 1. The molecule has 0 radical (unpaired) electrons. The molecule has 0 aromatic heterocycles. The zero-order valence-electron chi connectivity index (χ0n) is 17.6. The van der Waals surface area contributed by atoms with E-state index in [-0.39, 0.29) is 18.0 Å². The second-order valence-corrected chi connectivity index (χ2v) is 10.2. The average Bonchev–Trinajstić information content (AvgIpc) is 2.74. The Morgan fingerprint density at radius 2 is 1.72 bits per heavy atom. The molecule has 1 amide bonds. The fourth-order valence-electron chi connectivity index (χ4n) is 4.25. The molecule has 0 bridgehead atoms. The number of carbonyl (C=O) groups is 1. The zero-order chi connectivity index (χ0) is 20.9. The molecular formula is C21H34N4O3S. The zero-order valence-corrected chi connectivity index (χ0v) is 18.4. The molecule has 1 unspecified atom stereocenters. The minimum absolute atomic E-state index is 0.0306. The first-order valence-corrected chi connectivity index (χ1v) is 12.1. The van der Waals surface area contributed by atoms with Crippen LogP contribution in [-0.2, 0) is 15.0 Å². The predicted octanol–water partition coefficient (Wildman–Crippen LogP) is 1.99. The molecule has 1 aliphatic heterocycles. The number of benzene rings is 1. The van der Waals surface area contributed by atoms with Crippen LogP contribution in [0.3, 0.4) is 0 Å². The normalized spacial score (nSPS) is 21.2. The number of amides is 1. The van der Waals surface area contributed by atoms with E-state index < -0.39 is 10.2 Å². The van der Waals surface area contributed by atoms with Gasteiger partial charge in [0.1, 0.15) is 0 Å². The van der Waals surface area contributed by atoms with Gasteiger partial charge >= 0.3 is 0 Å². The molecule has 1 heterocycles. The molecule has 3 rings (SSSR count). The minimum atomic E-state index is -3.43. The molecule has 162 valence electrons. The van der Waals surface area contributed by atoms with Crippen molar-refractivity contribution in [3.05, 3.63) is 35.9 Å². The van der Waals surface area contributed by atoms with Gasteiger partial charge in [0, 0.05) is 39.3 Å². The molecule has 1 saturated heterocycles. The molecule has 1 aromatic rings. The summed E-state index contributed by atoms with van der Waals surface area (Å²) < 4.78 is 29.1. The topological polar surface area (TPSA) is 73.0 Å². The third-order valence-corrected chi connectivity index (χ3v) is 8.20. The van der Waals surface area contributed by atoms with E-state index in [1.807, 2.05) is 42.2 Å². The van der Waals surface area contributed by atoms with Gasteiger partial charge in [-0.15, -0.1) is 0 Å². The van der Waals surface area contributed by atoms with Gasteiger partial charge in [-0.1, -0.05) is 49.6 Å². The number of carbonyl (C=O) groups excluding carboxylic acids is 1. The quantitative estimate of drug-likeness (QED) is 0.729. The summed E-state index contributed by atoms with van der Waals surface area (Å²) in [6.07, 6.45) is 5.32. The lowest BCUT2D eigenvalue weighted by molar-refractivity contribution is -0.123. The Balaban J connectivity index is 1.46. The second kappa shape index (κ2) is 10.0. The van der Waals surface area contributed by atoms with Crippen molar-refractivity contribution in [2.45, 2.75) is 51.1 Å². The fourth-order valence-corrected chi connectivity index (χ4v) is 5.83. The summed E-state index contributed by atoms with van der Waals surface area (Å²) in [5.41, 5.74) is 1.07. The number of nitrogens with one attached hydrogen (secondary N) is 1. The van der Waals surface area contributed by atoms with E-state index >= 15 is 0 Å². The summed E-state index contributed by atoms with van der Waals surface area (Å²) in [5.74, 6) is -0.0306. The van der Waals surface area contributed by atoms with Crippen LogP contribution in [0, 0.1) is 0 Å². The van der Waals surface area contributed by atoms with Crippen molar-refractivity contribution in [3.8, 4) is 0 Å². The predicted molar refractivity (Wildman–Crippen MR) is 115 cm³/mol. The van der Waals surface area contributed by atoms with Crippen LogP contribution in [0.4, 0.5) is 0 Å². The summed E-state index contributed by atoms with van der Waals surface area (Å²) in [6.45, 7) is 4.28. The van der Waals surface area contributed by atoms with Crippen LogP contribution in [0.5, 0.6) is 0 Å². The van der Waals surface area contributed by atoms with Crippen LogP contribution in [-0.4, -0.2) is 73.6 Å². The molecule has 7 nitrogen and oxygen atoms in total. The maximum atomic E-state index is 13.0. The van der Waals surface area contributed by atoms with Gasteiger partial charge in [-0.05, 0) is 25.3 Å². The molecule has 1 saturated carbocycles. The lowest BCUT2D eigenvalue weighted by atomic mass is 9.96. The Kier molecular flexibility index (Phi) is 7.67. The number of hydrogen-bond acceptors (Lipinski definition) is 4. The monoisotopic (exact) mass is 422 g/mol. The van der Waals surface area contributed by atoms with E-state index in [4.69, 9.17) is 0 Å². The third kappa shape index (κ3) is 5.78. The highest BCUT2D eigenvalue weighted by Crippen LogP contribution is 2.25. The Hall–Kier alpha value is -1.48. The maximum absolute atomic E-state index is 13.0. The highest BCUT2D eigenvalue weighted by Gasteiger charge is 2.34. The summed E-state index contributed by atoms with van der Waals surface area (Å²) in [6, 6.07) is 9.95. The fraction of sp³-hybridized carbons (Fsp3) is 0.667. The summed E-state index contributed by atoms with van der Waals surface area (Å²) >= 11 is 0. The lowest BCUT2D eigenvalue weighted by Crippen LogP contribution is -2.55. The number of nitrogens with zero attached hydrogens (tertiary/aromatic N) is 3. The highest BCUT2D eigenvalue weighted by molar-refractivity contribution is 7.86. The van der Waals surface area contributed by atoms with Gasteiger partial charge in [-0.3, -0.25) is 9.69 Å². The van der Waals surface area contributed by atoms with Crippen molar-refractivity contribution in [2.75, 3.05) is 39.8 Å². The van der Waals surface area contributed by atoms with E-state index in [9.17, 15) is 13.2 Å². The van der Waals surface area contributed by atoms with Gasteiger partial charge in [-0.2, -0.15) is 17.0 Å². The average molecular weight is 423 g/mol. The lowest BCUT2D eigenvalue weighted by Gasteiger charge is -2.38. The van der Waals surface area contributed by atoms with Crippen LogP contribution in [0.2, 0.25) is 0 Å². The molecule has 0 spiro atoms. The van der Waals surface area contributed by atoms with E-state index in [1.54, 1.807) is 15.7 Å². The van der Waals surface area contributed by atoms with E-state index in [2.05, 4.69) is 5.32 Å². The van der Waals surface area contributed by atoms with Crippen LogP contribution in [0.25, 0.3) is 0 Å². The van der Waals surface area contributed by atoms with Gasteiger partial charge in [0.2, 0.25) is 5.91 Å². The standard InChI is InChI=1S/C21H34N4O3S/c1-18(19-9-5-3-6-10-19)22-21(26)17-24-13-15-25(16-14-24)29(27,28)23(2)20-11-7-4-8-12-20/h3,5-6,9-10,18,20H,4,7-8,11-17H2,1-2H3,(H,22,26). The Morgan fingerprint density at radius 3 is 2.34 bits per heavy atom. The van der Waals surface area contributed by atoms with Crippen molar-refractivity contribution in [2.24, 2.45) is 0 Å². The first kappa shape index (κ1) is 22.2. The van der Waals surface area contributed by atoms with Crippen molar-refractivity contribution < 1.29 is 13.2 Å². The van der Waals surface area contributed by atoms with E-state index in [0.717, 1.165) is 31.2 Å². The van der Waals surface area contributed by atoms with Gasteiger partial charge < -0.3 is 5.32 Å². The van der Waals surface area contributed by atoms with Gasteiger partial charge in [0.15, 0.2) is 0 Å². The molecule has 8 heteroatoms. The van der Waals surface area contributed by atoms with E-state index in [0.29, 0.717) is 32.7 Å². The first-order chi connectivity index (χ1) is 13.9. The van der Waals surface area contributed by atoms with Crippen molar-refractivity contribution in [1.82, 2.24) is 18.8 Å². The van der Waals surface area contributed by atoms with Crippen LogP contribution < -0.4 is 5.32 Å². The summed E-state index contributed by atoms with van der Waals surface area (Å²) in [5, 5.41) is 3.03. The van der Waals surface area contributed by atoms with Crippen molar-refractivity contribution in [1.29, 1.82) is 0 Å². The Morgan fingerprint density at radius 1 is 1.10 bits per heavy atom. The molecule has 29 heavy (non-hydrogen) atoms. The SMILES string of the molecule is CC(NC(=O)CN1CCN(S(=O)(=O)N(C)C2CCCCC2)CC1)c1ccccc1. The van der Waals surface area contributed by atoms with Crippen molar-refractivity contribution in [3.63, 3.8) is 0 Å². The van der Waals surface area contributed by atoms with Gasteiger partial charge in [0.25, 0.3) is 10.2 Å². The number of hydrogen-bond donors (Lipinski definition) is 1. The summed E-state index contributed by atoms with van der Waals surface area (Å²) in [7, 11) is -1.71. The van der Waals surface area contributed by atoms with Gasteiger partial charge in [-0.25, -0.2) is 0 Å². The Bertz CT molecular complexity index is 757. The van der Waals surface area contributed by atoms with E-state index in [1.165, 1.54) is 6.42 Å². The largest absolute Gasteiger partial charge is 0.348 e. The second-order valence-electron chi connectivity index (χ2n) is 8.19. The van der Waals surface area contributed by atoms with Crippen molar-refractivity contribution >= 4 is 16.1 Å². The summed E-state index contributed by atoms with van der Waals surface area (Å²) in [4.78, 5) is 14.4. The number of rotatable bonds is 7. The third-order valence-electron chi connectivity index (χ3n) is 6.15. The molecule has 1 atom stereocenters.